The molecule has 5 heteroatoms. The summed E-state index contributed by atoms with van der Waals surface area (Å²) in [5.74, 6) is 0.549. The smallest absolute Gasteiger partial charge is 0.169 e. The van der Waals surface area contributed by atoms with Crippen molar-refractivity contribution in [3.8, 4) is 0 Å². The summed E-state index contributed by atoms with van der Waals surface area (Å²) in [7, 11) is 0. The van der Waals surface area contributed by atoms with Crippen molar-refractivity contribution in [1.29, 1.82) is 0 Å². The quantitative estimate of drug-likeness (QED) is 0.442. The van der Waals surface area contributed by atoms with Gasteiger partial charge in [-0.25, -0.2) is 0 Å². The molecule has 5 heterocycles. The maximum absolute atomic E-state index is 13.1. The molecule has 0 unspecified atom stereocenters. The minimum Gasteiger partial charge on any atom is -0.362 e. The van der Waals surface area contributed by atoms with E-state index in [9.17, 15) is 4.79 Å². The third-order valence-electron chi connectivity index (χ3n) is 8.16. The van der Waals surface area contributed by atoms with Crippen LogP contribution >= 0.6 is 0 Å². The Labute approximate surface area is 205 Å². The maximum Gasteiger partial charge on any atom is 0.169 e. The van der Waals surface area contributed by atoms with Crippen LogP contribution in [0.15, 0.2) is 18.0 Å². The van der Waals surface area contributed by atoms with Crippen molar-refractivity contribution >= 4 is 35.7 Å². The molecule has 3 aromatic heterocycles. The molecule has 5 nitrogen and oxygen atoms in total. The average molecular weight is 465 g/mol. The van der Waals surface area contributed by atoms with E-state index < -0.39 is 0 Å². The number of nitrogens with one attached hydrogen (secondary N) is 4. The number of hydrogen-bond donors (Lipinski definition) is 4. The third kappa shape index (κ3) is 3.10. The number of aromatic amines is 3. The van der Waals surface area contributed by atoms with E-state index in [1.807, 2.05) is 6.08 Å². The lowest BCUT2D eigenvalue weighted by atomic mass is 10.0. The fraction of sp³-hybridized carbons (Fsp3) is 0.300. The Hall–Kier alpha value is -3.73. The van der Waals surface area contributed by atoms with E-state index in [0.717, 1.165) is 74.3 Å². The number of fused-ring (bicyclic) bond motifs is 7. The summed E-state index contributed by atoms with van der Waals surface area (Å²) in [4.78, 5) is 24.0. The lowest BCUT2D eigenvalue weighted by Gasteiger charge is -2.06. The Kier molecular flexibility index (Phi) is 4.75. The number of carbonyl (C=O) groups is 1. The molecule has 1 aliphatic carbocycles. The maximum atomic E-state index is 13.1. The zero-order chi connectivity index (χ0) is 24.6. The molecule has 0 radical (unpaired) electrons. The van der Waals surface area contributed by atoms with Gasteiger partial charge >= 0.3 is 0 Å². The first kappa shape index (κ1) is 21.8. The van der Waals surface area contributed by atoms with Crippen molar-refractivity contribution in [1.82, 2.24) is 20.3 Å². The van der Waals surface area contributed by atoms with Gasteiger partial charge in [-0.05, 0) is 74.1 Å². The predicted molar refractivity (Wildman–Crippen MR) is 143 cm³/mol. The van der Waals surface area contributed by atoms with Crippen LogP contribution in [0, 0.1) is 26.7 Å². The number of allylic oxidation sites excluding steroid dienone is 3. The van der Waals surface area contributed by atoms with Crippen LogP contribution in [0.25, 0.3) is 29.9 Å². The molecule has 178 valence electrons. The van der Waals surface area contributed by atoms with Crippen LogP contribution in [-0.2, 0) is 6.42 Å². The molecule has 0 aromatic carbocycles. The molecule has 1 atom stereocenters. The standard InChI is InChI=1S/C30H32N4O/c1-7-18-15(4)22-11-21-14(3)9-25(31-21)20-10-28(35)29-17(6)24(34-30(20)29)13-27-19(8-2)16(5)23(33-27)12-26(18)32-22/h7,11-14,31-34H,1,8-10H2,2-6H3/b21-11-,23-12-,25-20-,27-13-/t14-/m0/s1. The Morgan fingerprint density at radius 2 is 1.71 bits per heavy atom. The van der Waals surface area contributed by atoms with Gasteiger partial charge in [-0.1, -0.05) is 26.5 Å². The summed E-state index contributed by atoms with van der Waals surface area (Å²) < 4.78 is 0. The van der Waals surface area contributed by atoms with E-state index in [-0.39, 0.29) is 5.78 Å². The number of carbonyl (C=O) groups excluding carboxylic acids is 1. The second kappa shape index (κ2) is 7.64. The topological polar surface area (TPSA) is 76.5 Å². The summed E-state index contributed by atoms with van der Waals surface area (Å²) >= 11 is 0. The van der Waals surface area contributed by atoms with Crippen LogP contribution in [0.5, 0.6) is 0 Å². The summed E-state index contributed by atoms with van der Waals surface area (Å²) in [6.45, 7) is 14.9. The second-order valence-electron chi connectivity index (χ2n) is 10.2. The minimum absolute atomic E-state index is 0.205. The molecule has 35 heavy (non-hydrogen) atoms. The van der Waals surface area contributed by atoms with Gasteiger partial charge in [0.1, 0.15) is 0 Å². The van der Waals surface area contributed by atoms with Crippen molar-refractivity contribution in [2.45, 2.75) is 53.9 Å². The molecule has 3 aliphatic rings. The highest BCUT2D eigenvalue weighted by Crippen LogP contribution is 2.41. The first-order chi connectivity index (χ1) is 16.8. The van der Waals surface area contributed by atoms with E-state index in [0.29, 0.717) is 12.3 Å². The lowest BCUT2D eigenvalue weighted by Crippen LogP contribution is -2.13. The van der Waals surface area contributed by atoms with Crippen LogP contribution < -0.4 is 16.0 Å². The number of Topliss-reactive ketones (excluding diaryl/α,β-unsaturated/α-hetero) is 1. The number of hydrogen-bond acceptors (Lipinski definition) is 2. The minimum atomic E-state index is 0.205. The highest BCUT2D eigenvalue weighted by molar-refractivity contribution is 6.13. The fourth-order valence-corrected chi connectivity index (χ4v) is 6.09. The summed E-state index contributed by atoms with van der Waals surface area (Å²) in [5.41, 5.74) is 14.3. The molecule has 6 rings (SSSR count). The van der Waals surface area contributed by atoms with Crippen molar-refractivity contribution in [3.05, 3.63) is 84.8 Å². The largest absolute Gasteiger partial charge is 0.362 e. The van der Waals surface area contributed by atoms with Crippen LogP contribution in [0.3, 0.4) is 0 Å². The van der Waals surface area contributed by atoms with Gasteiger partial charge in [0, 0.05) is 68.2 Å². The van der Waals surface area contributed by atoms with E-state index in [1.165, 1.54) is 22.4 Å². The molecule has 8 bridgehead atoms. The number of H-pyrrole nitrogens is 3. The van der Waals surface area contributed by atoms with E-state index in [4.69, 9.17) is 0 Å². The van der Waals surface area contributed by atoms with Crippen LogP contribution in [0.2, 0.25) is 0 Å². The molecule has 0 spiro atoms. The van der Waals surface area contributed by atoms with E-state index in [1.54, 1.807) is 0 Å². The van der Waals surface area contributed by atoms with Gasteiger partial charge in [0.05, 0.1) is 5.69 Å². The highest BCUT2D eigenvalue weighted by atomic mass is 16.1. The SMILES string of the molecule is C=Cc1c2[nH]c(c1C)/C=C1\N/C(=C3/CC(=O)c4c3[nH]c(c4C)/C=c3\[nH]/c(c(C)c3CC)=C\2)C[C@@H]1C. The normalized spacial score (nSPS) is 23.9. The van der Waals surface area contributed by atoms with Crippen LogP contribution in [-0.4, -0.2) is 20.7 Å². The van der Waals surface area contributed by atoms with Crippen LogP contribution in [0.1, 0.15) is 87.6 Å². The first-order valence-electron chi connectivity index (χ1n) is 12.5. The van der Waals surface area contributed by atoms with Gasteiger partial charge in [0.25, 0.3) is 0 Å². The molecule has 1 fully saturated rings. The monoisotopic (exact) mass is 464 g/mol. The molecule has 2 aliphatic heterocycles. The molecular formula is C30H32N4O. The van der Waals surface area contributed by atoms with Gasteiger partial charge in [-0.3, -0.25) is 4.79 Å². The fourth-order valence-electron chi connectivity index (χ4n) is 6.09. The Morgan fingerprint density at radius 1 is 0.971 bits per heavy atom. The zero-order valence-electron chi connectivity index (χ0n) is 21.1. The molecular weight excluding hydrogens is 432 g/mol. The second-order valence-corrected chi connectivity index (χ2v) is 10.2. The molecule has 0 amide bonds. The number of rotatable bonds is 2. The summed E-state index contributed by atoms with van der Waals surface area (Å²) in [6, 6.07) is 0. The predicted octanol–water partition coefficient (Wildman–Crippen LogP) is 4.74. The van der Waals surface area contributed by atoms with Crippen molar-refractivity contribution in [3.63, 3.8) is 0 Å². The number of aromatic nitrogens is 3. The summed E-state index contributed by atoms with van der Waals surface area (Å²) in [6.07, 6.45) is 10.8. The van der Waals surface area contributed by atoms with Gasteiger partial charge in [-0.2, -0.15) is 0 Å². The Bertz CT molecular complexity index is 1630. The zero-order valence-corrected chi connectivity index (χ0v) is 21.1. The number of ketones is 1. The van der Waals surface area contributed by atoms with Gasteiger partial charge in [0.15, 0.2) is 5.78 Å². The van der Waals surface area contributed by atoms with Gasteiger partial charge < -0.3 is 20.3 Å². The van der Waals surface area contributed by atoms with Crippen molar-refractivity contribution in [2.24, 2.45) is 5.92 Å². The molecule has 4 N–H and O–H groups in total. The van der Waals surface area contributed by atoms with Crippen molar-refractivity contribution in [2.75, 3.05) is 0 Å². The van der Waals surface area contributed by atoms with E-state index in [2.05, 4.69) is 79.7 Å². The molecule has 0 saturated carbocycles. The first-order valence-corrected chi connectivity index (χ1v) is 12.5. The molecule has 1 saturated heterocycles. The van der Waals surface area contributed by atoms with Gasteiger partial charge in [-0.15, -0.1) is 0 Å². The lowest BCUT2D eigenvalue weighted by molar-refractivity contribution is 0.100. The van der Waals surface area contributed by atoms with Gasteiger partial charge in [0.2, 0.25) is 0 Å². The van der Waals surface area contributed by atoms with Crippen LogP contribution in [0.4, 0.5) is 0 Å². The average Bonchev–Trinajstić information content (AvgIpc) is 3.58. The van der Waals surface area contributed by atoms with E-state index >= 15 is 0 Å². The molecule has 3 aromatic rings. The summed E-state index contributed by atoms with van der Waals surface area (Å²) in [5, 5.41) is 5.86. The van der Waals surface area contributed by atoms with Crippen molar-refractivity contribution < 1.29 is 4.79 Å². The third-order valence-corrected chi connectivity index (χ3v) is 8.16. The Balaban J connectivity index is 1.72. The highest BCUT2D eigenvalue weighted by Gasteiger charge is 2.34. The Morgan fingerprint density at radius 3 is 2.46 bits per heavy atom.